The van der Waals surface area contributed by atoms with Gasteiger partial charge < -0.3 is 10.1 Å². The van der Waals surface area contributed by atoms with E-state index >= 15 is 0 Å². The van der Waals surface area contributed by atoms with E-state index in [1.807, 2.05) is 20.8 Å². The Hall–Kier alpha value is -1.58. The van der Waals surface area contributed by atoms with Gasteiger partial charge in [-0.05, 0) is 44.0 Å². The van der Waals surface area contributed by atoms with Crippen LogP contribution in [0.2, 0.25) is 0 Å². The second-order valence-corrected chi connectivity index (χ2v) is 4.76. The molecule has 3 nitrogen and oxygen atoms in total. The fraction of sp³-hybridized carbons (Fsp3) is 0.500. The number of rotatable bonds is 5. The summed E-state index contributed by atoms with van der Waals surface area (Å²) in [5, 5.41) is 2.87. The third kappa shape index (κ3) is 4.35. The quantitative estimate of drug-likeness (QED) is 0.876. The maximum Gasteiger partial charge on any atom is 0.260 e. The van der Waals surface area contributed by atoms with Crippen LogP contribution in [-0.4, -0.2) is 18.1 Å². The molecule has 18 heavy (non-hydrogen) atoms. The van der Waals surface area contributed by atoms with Gasteiger partial charge in [0, 0.05) is 6.04 Å². The number of carbonyl (C=O) groups is 1. The van der Waals surface area contributed by atoms with E-state index in [9.17, 15) is 9.18 Å². The van der Waals surface area contributed by atoms with Crippen LogP contribution in [0, 0.1) is 11.7 Å². The molecule has 1 N–H and O–H groups in total. The molecule has 0 fully saturated rings. The summed E-state index contributed by atoms with van der Waals surface area (Å²) in [5.74, 6) is 0.358. The van der Waals surface area contributed by atoms with Crippen molar-refractivity contribution in [2.24, 2.45) is 5.92 Å². The molecule has 0 aliphatic heterocycles. The highest BCUT2D eigenvalue weighted by Crippen LogP contribution is 2.13. The van der Waals surface area contributed by atoms with Crippen molar-refractivity contribution in [3.63, 3.8) is 0 Å². The first-order valence-electron chi connectivity index (χ1n) is 6.12. The van der Waals surface area contributed by atoms with Crippen LogP contribution in [0.1, 0.15) is 27.7 Å². The number of benzene rings is 1. The standard InChI is InChI=1S/C14H20FNO2/c1-9(2)10(3)16-14(17)11(4)18-13-7-5-12(15)6-8-13/h5-11H,1-4H3,(H,16,17)/t10-,11-/m1/s1. The molecule has 0 spiro atoms. The molecule has 0 aliphatic carbocycles. The predicted octanol–water partition coefficient (Wildman–Crippen LogP) is 2.75. The molecule has 1 aromatic carbocycles. The van der Waals surface area contributed by atoms with Gasteiger partial charge in [0.05, 0.1) is 0 Å². The monoisotopic (exact) mass is 253 g/mol. The molecule has 0 saturated heterocycles. The minimum Gasteiger partial charge on any atom is -0.481 e. The summed E-state index contributed by atoms with van der Waals surface area (Å²) in [7, 11) is 0. The number of ether oxygens (including phenoxy) is 1. The Morgan fingerprint density at radius 2 is 1.72 bits per heavy atom. The molecule has 1 amide bonds. The van der Waals surface area contributed by atoms with Crippen LogP contribution in [0.4, 0.5) is 4.39 Å². The van der Waals surface area contributed by atoms with Crippen molar-refractivity contribution >= 4 is 5.91 Å². The second-order valence-electron chi connectivity index (χ2n) is 4.76. The number of carbonyl (C=O) groups excluding carboxylic acids is 1. The van der Waals surface area contributed by atoms with Gasteiger partial charge in [-0.25, -0.2) is 4.39 Å². The minimum absolute atomic E-state index is 0.0942. The van der Waals surface area contributed by atoms with Gasteiger partial charge in [0.25, 0.3) is 5.91 Å². The summed E-state index contributed by atoms with van der Waals surface area (Å²) in [6.07, 6.45) is -0.600. The van der Waals surface area contributed by atoms with Crippen LogP contribution in [-0.2, 0) is 4.79 Å². The Morgan fingerprint density at radius 1 is 1.17 bits per heavy atom. The number of hydrogen-bond donors (Lipinski definition) is 1. The zero-order valence-electron chi connectivity index (χ0n) is 11.2. The van der Waals surface area contributed by atoms with Crippen molar-refractivity contribution in [3.8, 4) is 5.75 Å². The zero-order valence-corrected chi connectivity index (χ0v) is 11.2. The van der Waals surface area contributed by atoms with E-state index in [-0.39, 0.29) is 17.8 Å². The summed E-state index contributed by atoms with van der Waals surface area (Å²) in [5.41, 5.74) is 0. The average Bonchev–Trinajstić information content (AvgIpc) is 2.31. The first-order valence-corrected chi connectivity index (χ1v) is 6.12. The predicted molar refractivity (Wildman–Crippen MR) is 68.9 cm³/mol. The van der Waals surface area contributed by atoms with E-state index in [4.69, 9.17) is 4.74 Å². The lowest BCUT2D eigenvalue weighted by atomic mass is 10.1. The second kappa shape index (κ2) is 6.38. The molecular formula is C14H20FNO2. The van der Waals surface area contributed by atoms with E-state index in [1.54, 1.807) is 6.92 Å². The highest BCUT2D eigenvalue weighted by Gasteiger charge is 2.18. The van der Waals surface area contributed by atoms with Crippen molar-refractivity contribution in [2.75, 3.05) is 0 Å². The number of nitrogens with one attached hydrogen (secondary N) is 1. The lowest BCUT2D eigenvalue weighted by Crippen LogP contribution is -2.43. The molecular weight excluding hydrogens is 233 g/mol. The highest BCUT2D eigenvalue weighted by atomic mass is 19.1. The largest absolute Gasteiger partial charge is 0.481 e. The summed E-state index contributed by atoms with van der Waals surface area (Å²) in [6, 6.07) is 5.71. The van der Waals surface area contributed by atoms with Gasteiger partial charge in [0.1, 0.15) is 11.6 Å². The fourth-order valence-electron chi connectivity index (χ4n) is 1.28. The van der Waals surface area contributed by atoms with E-state index in [0.717, 1.165) is 0 Å². The smallest absolute Gasteiger partial charge is 0.260 e. The molecule has 0 saturated carbocycles. The maximum absolute atomic E-state index is 12.7. The maximum atomic E-state index is 12.7. The first-order chi connectivity index (χ1) is 8.40. The van der Waals surface area contributed by atoms with E-state index in [2.05, 4.69) is 5.32 Å². The van der Waals surface area contributed by atoms with Gasteiger partial charge in [-0.2, -0.15) is 0 Å². The average molecular weight is 253 g/mol. The highest BCUT2D eigenvalue weighted by molar-refractivity contribution is 5.80. The van der Waals surface area contributed by atoms with Crippen LogP contribution in [0.25, 0.3) is 0 Å². The van der Waals surface area contributed by atoms with E-state index in [1.165, 1.54) is 24.3 Å². The molecule has 0 aliphatic rings. The Kier molecular flexibility index (Phi) is 5.13. The molecule has 0 heterocycles. The number of amides is 1. The number of halogens is 1. The van der Waals surface area contributed by atoms with Crippen molar-refractivity contribution < 1.29 is 13.9 Å². The van der Waals surface area contributed by atoms with Crippen LogP contribution in [0.5, 0.6) is 5.75 Å². The fourth-order valence-corrected chi connectivity index (χ4v) is 1.28. The molecule has 0 radical (unpaired) electrons. The van der Waals surface area contributed by atoms with Gasteiger partial charge in [-0.15, -0.1) is 0 Å². The molecule has 4 heteroatoms. The first kappa shape index (κ1) is 14.5. The summed E-state index contributed by atoms with van der Waals surface area (Å²) >= 11 is 0. The SMILES string of the molecule is CC(C)[C@@H](C)NC(=O)[C@@H](C)Oc1ccc(F)cc1. The Balaban J connectivity index is 2.52. The summed E-state index contributed by atoms with van der Waals surface area (Å²) in [6.45, 7) is 7.70. The van der Waals surface area contributed by atoms with Crippen LogP contribution in [0.15, 0.2) is 24.3 Å². The van der Waals surface area contributed by atoms with Gasteiger partial charge in [0.2, 0.25) is 0 Å². The topological polar surface area (TPSA) is 38.3 Å². The lowest BCUT2D eigenvalue weighted by molar-refractivity contribution is -0.128. The van der Waals surface area contributed by atoms with Gasteiger partial charge in [0.15, 0.2) is 6.10 Å². The lowest BCUT2D eigenvalue weighted by Gasteiger charge is -2.21. The van der Waals surface area contributed by atoms with Crippen molar-refractivity contribution in [1.82, 2.24) is 5.32 Å². The Labute approximate surface area is 107 Å². The number of hydrogen-bond acceptors (Lipinski definition) is 2. The zero-order chi connectivity index (χ0) is 13.7. The van der Waals surface area contributed by atoms with Crippen molar-refractivity contribution in [1.29, 1.82) is 0 Å². The minimum atomic E-state index is -0.600. The summed E-state index contributed by atoms with van der Waals surface area (Å²) in [4.78, 5) is 11.8. The van der Waals surface area contributed by atoms with E-state index in [0.29, 0.717) is 11.7 Å². The Morgan fingerprint density at radius 3 is 2.22 bits per heavy atom. The van der Waals surface area contributed by atoms with Crippen LogP contribution in [0.3, 0.4) is 0 Å². The van der Waals surface area contributed by atoms with Crippen molar-refractivity contribution in [3.05, 3.63) is 30.1 Å². The molecule has 100 valence electrons. The molecule has 1 aromatic rings. The normalized spacial score (nSPS) is 14.1. The molecule has 0 aromatic heterocycles. The van der Waals surface area contributed by atoms with Crippen LogP contribution >= 0.6 is 0 Å². The third-order valence-electron chi connectivity index (χ3n) is 2.87. The summed E-state index contributed by atoms with van der Waals surface area (Å²) < 4.78 is 18.1. The van der Waals surface area contributed by atoms with Crippen molar-refractivity contribution in [2.45, 2.75) is 39.8 Å². The molecule has 0 unspecified atom stereocenters. The van der Waals surface area contributed by atoms with E-state index < -0.39 is 6.10 Å². The Bertz CT molecular complexity index is 389. The third-order valence-corrected chi connectivity index (χ3v) is 2.87. The van der Waals surface area contributed by atoms with Crippen LogP contribution < -0.4 is 10.1 Å². The van der Waals surface area contributed by atoms with Gasteiger partial charge in [-0.3, -0.25) is 4.79 Å². The molecule has 1 rings (SSSR count). The molecule has 0 bridgehead atoms. The molecule has 2 atom stereocenters. The van der Waals surface area contributed by atoms with Gasteiger partial charge >= 0.3 is 0 Å². The van der Waals surface area contributed by atoms with Gasteiger partial charge in [-0.1, -0.05) is 13.8 Å².